The summed E-state index contributed by atoms with van der Waals surface area (Å²) in [5.41, 5.74) is 3.73. The number of carbonyl (C=O) groups is 1. The third-order valence-electron chi connectivity index (χ3n) is 3.65. The van der Waals surface area contributed by atoms with Gasteiger partial charge in [-0.3, -0.25) is 4.79 Å². The predicted octanol–water partition coefficient (Wildman–Crippen LogP) is 5.45. The van der Waals surface area contributed by atoms with Crippen molar-refractivity contribution in [3.63, 3.8) is 0 Å². The quantitative estimate of drug-likeness (QED) is 0.679. The van der Waals surface area contributed by atoms with Crippen molar-refractivity contribution < 1.29 is 4.79 Å². The van der Waals surface area contributed by atoms with Crippen molar-refractivity contribution >= 4 is 11.6 Å². The number of anilines is 1. The van der Waals surface area contributed by atoms with Crippen LogP contribution in [0.1, 0.15) is 33.6 Å². The summed E-state index contributed by atoms with van der Waals surface area (Å²) >= 11 is 0. The largest absolute Gasteiger partial charge is 0.311 e. The third kappa shape index (κ3) is 5.10. The van der Waals surface area contributed by atoms with Crippen LogP contribution in [0.4, 0.5) is 5.69 Å². The number of likely N-dealkylation sites (N-methyl/N-ethyl adjacent to an activating group) is 1. The molecule has 1 aliphatic rings. The molecule has 0 saturated carbocycles. The van der Waals surface area contributed by atoms with Crippen LogP contribution in [0.2, 0.25) is 0 Å². The van der Waals surface area contributed by atoms with Gasteiger partial charge in [0, 0.05) is 18.3 Å². The van der Waals surface area contributed by atoms with E-state index in [0.29, 0.717) is 5.57 Å². The molecule has 2 nitrogen and oxygen atoms in total. The summed E-state index contributed by atoms with van der Waals surface area (Å²) in [6.45, 7) is 9.93. The number of amides is 1. The molecule has 23 heavy (non-hydrogen) atoms. The maximum atomic E-state index is 12.6. The maximum absolute atomic E-state index is 12.6. The molecule has 0 N–H and O–H groups in total. The lowest BCUT2D eigenvalue weighted by Crippen LogP contribution is -2.27. The average Bonchev–Trinajstić information content (AvgIpc) is 2.62. The summed E-state index contributed by atoms with van der Waals surface area (Å²) in [5.74, 6) is -0.00134. The molecule has 1 aromatic carbocycles. The van der Waals surface area contributed by atoms with E-state index < -0.39 is 0 Å². The lowest BCUT2D eigenvalue weighted by atomic mass is 9.94. The molecule has 0 radical (unpaired) electrons. The van der Waals surface area contributed by atoms with Gasteiger partial charge in [-0.15, -0.1) is 0 Å². The Balaban J connectivity index is 0.00000127. The summed E-state index contributed by atoms with van der Waals surface area (Å²) < 4.78 is 0. The van der Waals surface area contributed by atoms with Gasteiger partial charge < -0.3 is 4.90 Å². The van der Waals surface area contributed by atoms with E-state index in [9.17, 15) is 4.79 Å². The Morgan fingerprint density at radius 1 is 1.22 bits per heavy atom. The standard InChI is InChI=1S/C19H21NO.C2H6/c1-4-16(14-17-11-9-8-10-15(17)2)19(21)20(3)18-12-6-5-7-13-18;1-2/h4-8,10,12-14H,2,9,11H2,1,3H3;1-2H3/b16-4+,17-14-;. The topological polar surface area (TPSA) is 20.3 Å². The van der Waals surface area contributed by atoms with Gasteiger partial charge in [0.25, 0.3) is 5.91 Å². The molecule has 0 heterocycles. The zero-order valence-corrected chi connectivity index (χ0v) is 14.7. The van der Waals surface area contributed by atoms with Crippen molar-refractivity contribution in [1.82, 2.24) is 0 Å². The van der Waals surface area contributed by atoms with Gasteiger partial charge in [0.15, 0.2) is 0 Å². The number of benzene rings is 1. The highest BCUT2D eigenvalue weighted by molar-refractivity contribution is 6.07. The van der Waals surface area contributed by atoms with Gasteiger partial charge in [0.1, 0.15) is 0 Å². The van der Waals surface area contributed by atoms with Gasteiger partial charge in [-0.05, 0) is 49.1 Å². The lowest BCUT2D eigenvalue weighted by molar-refractivity contribution is -0.114. The smallest absolute Gasteiger partial charge is 0.257 e. The number of nitrogens with zero attached hydrogens (tertiary/aromatic N) is 1. The minimum Gasteiger partial charge on any atom is -0.311 e. The summed E-state index contributed by atoms with van der Waals surface area (Å²) in [6, 6.07) is 9.67. The average molecular weight is 309 g/mol. The van der Waals surface area contributed by atoms with Gasteiger partial charge >= 0.3 is 0 Å². The van der Waals surface area contributed by atoms with Crippen LogP contribution in [-0.2, 0) is 4.79 Å². The number of rotatable bonds is 3. The van der Waals surface area contributed by atoms with Crippen LogP contribution in [0, 0.1) is 0 Å². The molecular formula is C21H27NO. The summed E-state index contributed by atoms with van der Waals surface area (Å²) in [5, 5.41) is 0. The molecule has 122 valence electrons. The first-order valence-corrected chi connectivity index (χ1v) is 8.19. The lowest BCUT2D eigenvalue weighted by Gasteiger charge is -2.19. The van der Waals surface area contributed by atoms with Gasteiger partial charge in [0.05, 0.1) is 0 Å². The highest BCUT2D eigenvalue weighted by Crippen LogP contribution is 2.24. The molecule has 1 aliphatic carbocycles. The second kappa shape index (κ2) is 9.62. The van der Waals surface area contributed by atoms with Gasteiger partial charge in [-0.2, -0.15) is 0 Å². The predicted molar refractivity (Wildman–Crippen MR) is 101 cm³/mol. The highest BCUT2D eigenvalue weighted by atomic mass is 16.2. The molecule has 0 atom stereocenters. The third-order valence-corrected chi connectivity index (χ3v) is 3.65. The van der Waals surface area contributed by atoms with Gasteiger partial charge in [0.2, 0.25) is 0 Å². The van der Waals surface area contributed by atoms with E-state index in [4.69, 9.17) is 0 Å². The van der Waals surface area contributed by atoms with Crippen LogP contribution in [0.25, 0.3) is 0 Å². The Kier molecular flexibility index (Phi) is 7.82. The van der Waals surface area contributed by atoms with Crippen LogP contribution >= 0.6 is 0 Å². The molecule has 0 aromatic heterocycles. The second-order valence-electron chi connectivity index (χ2n) is 5.08. The molecule has 2 rings (SSSR count). The van der Waals surface area contributed by atoms with Crippen molar-refractivity contribution in [3.8, 4) is 0 Å². The first-order valence-electron chi connectivity index (χ1n) is 8.19. The first-order chi connectivity index (χ1) is 11.1. The molecule has 0 saturated heterocycles. The molecule has 0 aliphatic heterocycles. The Morgan fingerprint density at radius 2 is 1.87 bits per heavy atom. The fourth-order valence-corrected chi connectivity index (χ4v) is 2.32. The highest BCUT2D eigenvalue weighted by Gasteiger charge is 2.15. The van der Waals surface area contributed by atoms with E-state index in [-0.39, 0.29) is 5.91 Å². The zero-order valence-electron chi connectivity index (χ0n) is 14.7. The van der Waals surface area contributed by atoms with E-state index in [0.717, 1.165) is 29.7 Å². The first kappa shape index (κ1) is 18.7. The number of hydrogen-bond donors (Lipinski definition) is 0. The van der Waals surface area contributed by atoms with E-state index in [2.05, 4.69) is 12.7 Å². The van der Waals surface area contributed by atoms with Crippen molar-refractivity contribution in [2.45, 2.75) is 33.6 Å². The number of carbonyl (C=O) groups excluding carboxylic acids is 1. The Bertz CT molecular complexity index is 621. The second-order valence-corrected chi connectivity index (χ2v) is 5.08. The van der Waals surface area contributed by atoms with Crippen LogP contribution in [0.3, 0.4) is 0 Å². The molecule has 0 spiro atoms. The van der Waals surface area contributed by atoms with Crippen LogP contribution in [-0.4, -0.2) is 13.0 Å². The van der Waals surface area contributed by atoms with E-state index in [1.807, 2.05) is 69.3 Å². The van der Waals surface area contributed by atoms with Crippen molar-refractivity contribution in [2.24, 2.45) is 0 Å². The summed E-state index contributed by atoms with van der Waals surface area (Å²) in [4.78, 5) is 14.3. The molecule has 2 heteroatoms. The minimum atomic E-state index is -0.00134. The van der Waals surface area contributed by atoms with Crippen molar-refractivity contribution in [2.75, 3.05) is 11.9 Å². The van der Waals surface area contributed by atoms with Crippen LogP contribution in [0.5, 0.6) is 0 Å². The number of para-hydroxylation sites is 1. The number of hydrogen-bond acceptors (Lipinski definition) is 1. The SMILES string of the molecule is C=C1C=CCC/C1=C/C(=C\C)C(=O)N(C)c1ccccc1.CC. The van der Waals surface area contributed by atoms with E-state index in [1.54, 1.807) is 11.9 Å². The zero-order chi connectivity index (χ0) is 17.2. The molecule has 0 bridgehead atoms. The summed E-state index contributed by atoms with van der Waals surface area (Å²) in [6.07, 6.45) is 9.91. The van der Waals surface area contributed by atoms with Crippen LogP contribution < -0.4 is 4.90 Å². The molecule has 1 amide bonds. The van der Waals surface area contributed by atoms with Gasteiger partial charge in [-0.1, -0.05) is 56.9 Å². The summed E-state index contributed by atoms with van der Waals surface area (Å²) in [7, 11) is 1.80. The monoisotopic (exact) mass is 309 g/mol. The normalized spacial score (nSPS) is 15.9. The number of allylic oxidation sites excluding steroid dienone is 5. The molecule has 1 aromatic rings. The Labute approximate surface area is 140 Å². The maximum Gasteiger partial charge on any atom is 0.257 e. The van der Waals surface area contributed by atoms with Gasteiger partial charge in [-0.25, -0.2) is 0 Å². The van der Waals surface area contributed by atoms with E-state index >= 15 is 0 Å². The molecule has 0 fully saturated rings. The minimum absolute atomic E-state index is 0.00134. The Morgan fingerprint density at radius 3 is 2.43 bits per heavy atom. The Hall–Kier alpha value is -2.35. The fourth-order valence-electron chi connectivity index (χ4n) is 2.32. The van der Waals surface area contributed by atoms with E-state index in [1.165, 1.54) is 0 Å². The fraction of sp³-hybridized carbons (Fsp3) is 0.286. The van der Waals surface area contributed by atoms with Crippen molar-refractivity contribution in [3.05, 3.63) is 77.9 Å². The van der Waals surface area contributed by atoms with Crippen molar-refractivity contribution in [1.29, 1.82) is 0 Å². The molecule has 0 unspecified atom stereocenters. The van der Waals surface area contributed by atoms with Crippen LogP contribution in [0.15, 0.2) is 77.9 Å². The molecular weight excluding hydrogens is 282 g/mol.